The third kappa shape index (κ3) is 2.32. The Morgan fingerprint density at radius 2 is 2.00 bits per heavy atom. The van der Waals surface area contributed by atoms with Crippen LogP contribution >= 0.6 is 11.3 Å². The van der Waals surface area contributed by atoms with Crippen LogP contribution in [0.15, 0.2) is 17.5 Å². The van der Waals surface area contributed by atoms with E-state index in [2.05, 4.69) is 37.9 Å². The second-order valence-electron chi connectivity index (χ2n) is 4.55. The van der Waals surface area contributed by atoms with Gasteiger partial charge in [-0.25, -0.2) is 4.98 Å². The molecule has 3 N–H and O–H groups in total. The minimum absolute atomic E-state index is 0.0743. The van der Waals surface area contributed by atoms with Gasteiger partial charge in [-0.2, -0.15) is 0 Å². The molecule has 0 saturated carbocycles. The zero-order valence-corrected chi connectivity index (χ0v) is 11.7. The monoisotopic (exact) mass is 262 g/mol. The van der Waals surface area contributed by atoms with Crippen molar-refractivity contribution in [3.05, 3.63) is 39.9 Å². The number of thiazole rings is 1. The first-order valence-electron chi connectivity index (χ1n) is 5.93. The number of hydrogen-bond acceptors (Lipinski definition) is 4. The summed E-state index contributed by atoms with van der Waals surface area (Å²) in [6.07, 6.45) is 0. The van der Waals surface area contributed by atoms with Gasteiger partial charge in [0.1, 0.15) is 5.01 Å². The summed E-state index contributed by atoms with van der Waals surface area (Å²) in [5.74, 6) is 0. The maximum Gasteiger partial charge on any atom is 0.123 e. The maximum atomic E-state index is 9.04. The summed E-state index contributed by atoms with van der Waals surface area (Å²) in [4.78, 5) is 4.52. The standard InChI is InChI=1S/C14H18N2OS/c1-8-4-5-11(10(3)9(8)2)14-16-13(7-18-14)12(15)6-17/h4-5,7,12,17H,6,15H2,1-3H3. The van der Waals surface area contributed by atoms with Crippen molar-refractivity contribution >= 4 is 11.3 Å². The van der Waals surface area contributed by atoms with Crippen molar-refractivity contribution in [2.24, 2.45) is 5.73 Å². The van der Waals surface area contributed by atoms with Gasteiger partial charge in [-0.3, -0.25) is 0 Å². The lowest BCUT2D eigenvalue weighted by molar-refractivity contribution is 0.266. The Morgan fingerprint density at radius 3 is 2.67 bits per heavy atom. The first-order chi connectivity index (χ1) is 8.54. The largest absolute Gasteiger partial charge is 0.394 e. The zero-order valence-electron chi connectivity index (χ0n) is 10.9. The molecule has 4 heteroatoms. The van der Waals surface area contributed by atoms with E-state index in [0.717, 1.165) is 16.3 Å². The van der Waals surface area contributed by atoms with Crippen molar-refractivity contribution in [1.29, 1.82) is 0 Å². The van der Waals surface area contributed by atoms with Crippen LogP contribution in [-0.4, -0.2) is 16.7 Å². The van der Waals surface area contributed by atoms with Crippen LogP contribution in [0, 0.1) is 20.8 Å². The number of benzene rings is 1. The highest BCUT2D eigenvalue weighted by Crippen LogP contribution is 2.30. The topological polar surface area (TPSA) is 59.1 Å². The van der Waals surface area contributed by atoms with E-state index in [-0.39, 0.29) is 12.6 Å². The van der Waals surface area contributed by atoms with Gasteiger partial charge in [-0.1, -0.05) is 12.1 Å². The fourth-order valence-electron chi connectivity index (χ4n) is 1.86. The lowest BCUT2D eigenvalue weighted by Gasteiger charge is -2.09. The highest BCUT2D eigenvalue weighted by Gasteiger charge is 2.13. The van der Waals surface area contributed by atoms with Gasteiger partial charge in [0.15, 0.2) is 0 Å². The van der Waals surface area contributed by atoms with E-state index in [1.807, 2.05) is 5.38 Å². The van der Waals surface area contributed by atoms with Gasteiger partial charge in [0, 0.05) is 10.9 Å². The molecule has 0 radical (unpaired) electrons. The highest BCUT2D eigenvalue weighted by atomic mass is 32.1. The predicted molar refractivity (Wildman–Crippen MR) is 75.8 cm³/mol. The summed E-state index contributed by atoms with van der Waals surface area (Å²) in [5, 5.41) is 11.9. The highest BCUT2D eigenvalue weighted by molar-refractivity contribution is 7.13. The molecule has 0 spiro atoms. The number of aryl methyl sites for hydroxylation is 1. The molecule has 1 heterocycles. The second kappa shape index (κ2) is 5.18. The summed E-state index contributed by atoms with van der Waals surface area (Å²) in [5.41, 5.74) is 11.5. The maximum absolute atomic E-state index is 9.04. The quantitative estimate of drug-likeness (QED) is 0.894. The number of nitrogens with zero attached hydrogens (tertiary/aromatic N) is 1. The van der Waals surface area contributed by atoms with Gasteiger partial charge in [0.25, 0.3) is 0 Å². The molecule has 1 atom stereocenters. The first kappa shape index (κ1) is 13.2. The van der Waals surface area contributed by atoms with Crippen LogP contribution in [0.1, 0.15) is 28.4 Å². The number of aliphatic hydroxyl groups is 1. The summed E-state index contributed by atoms with van der Waals surface area (Å²) in [6.45, 7) is 6.28. The van der Waals surface area contributed by atoms with Crippen LogP contribution in [0.4, 0.5) is 0 Å². The van der Waals surface area contributed by atoms with E-state index in [1.165, 1.54) is 16.7 Å². The Morgan fingerprint density at radius 1 is 1.28 bits per heavy atom. The summed E-state index contributed by atoms with van der Waals surface area (Å²) < 4.78 is 0. The molecule has 1 unspecified atom stereocenters. The fourth-order valence-corrected chi connectivity index (χ4v) is 2.83. The number of hydrogen-bond donors (Lipinski definition) is 2. The molecule has 0 amide bonds. The molecule has 0 aliphatic rings. The molecule has 0 bridgehead atoms. The Hall–Kier alpha value is -1.23. The lowest BCUT2D eigenvalue weighted by atomic mass is 9.99. The van der Waals surface area contributed by atoms with E-state index in [4.69, 9.17) is 10.8 Å². The smallest absolute Gasteiger partial charge is 0.123 e. The Balaban J connectivity index is 2.43. The Labute approximate surface area is 111 Å². The van der Waals surface area contributed by atoms with E-state index in [0.29, 0.717) is 0 Å². The molecular formula is C14H18N2OS. The third-order valence-electron chi connectivity index (χ3n) is 3.39. The summed E-state index contributed by atoms with van der Waals surface area (Å²) in [6, 6.07) is 3.83. The van der Waals surface area contributed by atoms with Crippen LogP contribution < -0.4 is 5.73 Å². The normalized spacial score (nSPS) is 12.7. The van der Waals surface area contributed by atoms with Crippen molar-refractivity contribution < 1.29 is 5.11 Å². The molecule has 2 rings (SSSR count). The second-order valence-corrected chi connectivity index (χ2v) is 5.40. The van der Waals surface area contributed by atoms with E-state index in [9.17, 15) is 0 Å². The van der Waals surface area contributed by atoms with Gasteiger partial charge in [0.05, 0.1) is 18.3 Å². The van der Waals surface area contributed by atoms with Crippen LogP contribution in [0.2, 0.25) is 0 Å². The van der Waals surface area contributed by atoms with Crippen LogP contribution in [0.5, 0.6) is 0 Å². The van der Waals surface area contributed by atoms with Crippen molar-refractivity contribution in [2.45, 2.75) is 26.8 Å². The molecule has 3 nitrogen and oxygen atoms in total. The van der Waals surface area contributed by atoms with Crippen LogP contribution in [-0.2, 0) is 0 Å². The first-order valence-corrected chi connectivity index (χ1v) is 6.81. The van der Waals surface area contributed by atoms with Gasteiger partial charge in [0.2, 0.25) is 0 Å². The molecule has 96 valence electrons. The van der Waals surface area contributed by atoms with E-state index < -0.39 is 0 Å². The lowest BCUT2D eigenvalue weighted by Crippen LogP contribution is -2.14. The van der Waals surface area contributed by atoms with Gasteiger partial charge in [-0.15, -0.1) is 11.3 Å². The molecular weight excluding hydrogens is 244 g/mol. The van der Waals surface area contributed by atoms with Crippen molar-refractivity contribution in [1.82, 2.24) is 4.98 Å². The third-order valence-corrected chi connectivity index (χ3v) is 4.28. The average Bonchev–Trinajstić information content (AvgIpc) is 2.84. The molecule has 0 fully saturated rings. The number of aromatic nitrogens is 1. The molecule has 0 aliphatic heterocycles. The average molecular weight is 262 g/mol. The molecule has 0 saturated heterocycles. The number of rotatable bonds is 3. The van der Waals surface area contributed by atoms with Crippen LogP contribution in [0.3, 0.4) is 0 Å². The predicted octanol–water partition coefficient (Wildman–Crippen LogP) is 2.73. The number of nitrogens with two attached hydrogens (primary N) is 1. The molecule has 1 aromatic carbocycles. The summed E-state index contributed by atoms with van der Waals surface area (Å²) in [7, 11) is 0. The van der Waals surface area contributed by atoms with Crippen LogP contribution in [0.25, 0.3) is 10.6 Å². The van der Waals surface area contributed by atoms with E-state index >= 15 is 0 Å². The minimum Gasteiger partial charge on any atom is -0.394 e. The van der Waals surface area contributed by atoms with E-state index in [1.54, 1.807) is 11.3 Å². The Kier molecular flexibility index (Phi) is 3.80. The fraction of sp³-hybridized carbons (Fsp3) is 0.357. The summed E-state index contributed by atoms with van der Waals surface area (Å²) >= 11 is 1.57. The Bertz CT molecular complexity index is 563. The van der Waals surface area contributed by atoms with Crippen molar-refractivity contribution in [3.63, 3.8) is 0 Å². The van der Waals surface area contributed by atoms with Crippen molar-refractivity contribution in [2.75, 3.05) is 6.61 Å². The molecule has 0 aliphatic carbocycles. The minimum atomic E-state index is -0.387. The number of aliphatic hydroxyl groups excluding tert-OH is 1. The van der Waals surface area contributed by atoms with Crippen molar-refractivity contribution in [3.8, 4) is 10.6 Å². The van der Waals surface area contributed by atoms with Gasteiger partial charge in [-0.05, 0) is 37.5 Å². The SMILES string of the molecule is Cc1ccc(-c2nc(C(N)CO)cs2)c(C)c1C. The molecule has 2 aromatic rings. The zero-order chi connectivity index (χ0) is 13.3. The van der Waals surface area contributed by atoms with Gasteiger partial charge < -0.3 is 10.8 Å². The van der Waals surface area contributed by atoms with Gasteiger partial charge >= 0.3 is 0 Å². The molecule has 18 heavy (non-hydrogen) atoms. The molecule has 1 aromatic heterocycles.